The molecule has 1 heterocycles. The molecule has 4 heteroatoms. The average Bonchev–Trinajstić information content (AvgIpc) is 2.42. The van der Waals surface area contributed by atoms with Crippen molar-refractivity contribution in [3.8, 4) is 0 Å². The Balaban J connectivity index is 1.91. The van der Waals surface area contributed by atoms with Gasteiger partial charge in [-0.3, -0.25) is 0 Å². The molecule has 0 radical (unpaired) electrons. The molecule has 1 aromatic carbocycles. The number of nitrogens with two attached hydrogens (primary N) is 1. The van der Waals surface area contributed by atoms with Crippen LogP contribution in [0.25, 0.3) is 0 Å². The van der Waals surface area contributed by atoms with Gasteiger partial charge in [0, 0.05) is 30.3 Å². The normalized spacial score (nSPS) is 18.8. The van der Waals surface area contributed by atoms with E-state index in [1.165, 1.54) is 0 Å². The summed E-state index contributed by atoms with van der Waals surface area (Å²) < 4.78 is 11.3. The fourth-order valence-electron chi connectivity index (χ4n) is 2.19. The van der Waals surface area contributed by atoms with E-state index in [4.69, 9.17) is 26.8 Å². The van der Waals surface area contributed by atoms with E-state index in [-0.39, 0.29) is 6.10 Å². The van der Waals surface area contributed by atoms with Crippen LogP contribution in [-0.2, 0) is 9.47 Å². The maximum absolute atomic E-state index is 6.16. The third kappa shape index (κ3) is 3.69. The molecule has 100 valence electrons. The molecule has 0 amide bonds. The van der Waals surface area contributed by atoms with Crippen LogP contribution in [0.2, 0.25) is 5.02 Å². The first kappa shape index (κ1) is 13.8. The summed E-state index contributed by atoms with van der Waals surface area (Å²) >= 11 is 6.16. The molecule has 1 unspecified atom stereocenters. The minimum Gasteiger partial charge on any atom is -0.381 e. The molecule has 1 fully saturated rings. The average molecular weight is 270 g/mol. The largest absolute Gasteiger partial charge is 0.381 e. The standard InChI is InChI=1S/C14H20ClNO2/c15-13-4-2-1-3-12(13)14(9-16)18-10-11-5-7-17-8-6-11/h1-4,11,14H,5-10,16H2. The molecule has 1 aromatic rings. The van der Waals surface area contributed by atoms with Crippen molar-refractivity contribution in [2.75, 3.05) is 26.4 Å². The van der Waals surface area contributed by atoms with Gasteiger partial charge >= 0.3 is 0 Å². The smallest absolute Gasteiger partial charge is 0.0961 e. The predicted octanol–water partition coefficient (Wildman–Crippen LogP) is 2.78. The van der Waals surface area contributed by atoms with Crippen LogP contribution in [0.3, 0.4) is 0 Å². The monoisotopic (exact) mass is 269 g/mol. The predicted molar refractivity (Wildman–Crippen MR) is 72.7 cm³/mol. The fraction of sp³-hybridized carbons (Fsp3) is 0.571. The van der Waals surface area contributed by atoms with Crippen molar-refractivity contribution in [3.63, 3.8) is 0 Å². The van der Waals surface area contributed by atoms with Gasteiger partial charge in [-0.05, 0) is 24.8 Å². The zero-order valence-electron chi connectivity index (χ0n) is 10.5. The van der Waals surface area contributed by atoms with E-state index in [0.717, 1.165) is 43.2 Å². The van der Waals surface area contributed by atoms with Crippen molar-refractivity contribution in [2.45, 2.75) is 18.9 Å². The third-order valence-corrected chi connectivity index (χ3v) is 3.68. The molecular weight excluding hydrogens is 250 g/mol. The summed E-state index contributed by atoms with van der Waals surface area (Å²) in [5.74, 6) is 0.579. The number of hydrogen-bond acceptors (Lipinski definition) is 3. The quantitative estimate of drug-likeness (QED) is 0.894. The van der Waals surface area contributed by atoms with Crippen LogP contribution in [0.4, 0.5) is 0 Å². The maximum atomic E-state index is 6.16. The summed E-state index contributed by atoms with van der Waals surface area (Å²) in [6.45, 7) is 2.87. The summed E-state index contributed by atoms with van der Waals surface area (Å²) in [4.78, 5) is 0. The van der Waals surface area contributed by atoms with Crippen LogP contribution < -0.4 is 5.73 Å². The highest BCUT2D eigenvalue weighted by Gasteiger charge is 2.18. The molecule has 0 aliphatic carbocycles. The lowest BCUT2D eigenvalue weighted by atomic mass is 10.0. The summed E-state index contributed by atoms with van der Waals surface area (Å²) in [5.41, 5.74) is 6.76. The van der Waals surface area contributed by atoms with E-state index < -0.39 is 0 Å². The lowest BCUT2D eigenvalue weighted by molar-refractivity contribution is -0.00869. The number of ether oxygens (including phenoxy) is 2. The van der Waals surface area contributed by atoms with Crippen LogP contribution in [0.1, 0.15) is 24.5 Å². The molecule has 1 aliphatic rings. The van der Waals surface area contributed by atoms with Gasteiger partial charge in [0.1, 0.15) is 0 Å². The van der Waals surface area contributed by atoms with E-state index in [9.17, 15) is 0 Å². The molecule has 0 saturated carbocycles. The number of benzene rings is 1. The second-order valence-corrected chi connectivity index (χ2v) is 5.04. The van der Waals surface area contributed by atoms with Crippen LogP contribution in [-0.4, -0.2) is 26.4 Å². The number of rotatable bonds is 5. The third-order valence-electron chi connectivity index (χ3n) is 3.34. The first-order chi connectivity index (χ1) is 8.81. The van der Waals surface area contributed by atoms with Gasteiger partial charge in [0.2, 0.25) is 0 Å². The molecule has 2 rings (SSSR count). The van der Waals surface area contributed by atoms with Crippen LogP contribution in [0.5, 0.6) is 0 Å². The molecule has 1 atom stereocenters. The lowest BCUT2D eigenvalue weighted by Gasteiger charge is -2.25. The molecule has 0 spiro atoms. The Morgan fingerprint density at radius 1 is 1.33 bits per heavy atom. The van der Waals surface area contributed by atoms with Gasteiger partial charge in [-0.15, -0.1) is 0 Å². The zero-order chi connectivity index (χ0) is 12.8. The van der Waals surface area contributed by atoms with Crippen LogP contribution >= 0.6 is 11.6 Å². The Morgan fingerprint density at radius 3 is 2.72 bits per heavy atom. The Bertz CT molecular complexity index is 367. The van der Waals surface area contributed by atoms with Gasteiger partial charge in [0.05, 0.1) is 12.7 Å². The Morgan fingerprint density at radius 2 is 2.06 bits per heavy atom. The minimum absolute atomic E-state index is 0.110. The van der Waals surface area contributed by atoms with Crippen molar-refractivity contribution in [1.82, 2.24) is 0 Å². The van der Waals surface area contributed by atoms with E-state index >= 15 is 0 Å². The Hall–Kier alpha value is -0.610. The van der Waals surface area contributed by atoms with Gasteiger partial charge in [-0.1, -0.05) is 29.8 Å². The van der Waals surface area contributed by atoms with Crippen LogP contribution in [0.15, 0.2) is 24.3 Å². The maximum Gasteiger partial charge on any atom is 0.0961 e. The molecule has 2 N–H and O–H groups in total. The van der Waals surface area contributed by atoms with Gasteiger partial charge in [0.25, 0.3) is 0 Å². The Labute approximate surface area is 113 Å². The summed E-state index contributed by atoms with van der Waals surface area (Å²) in [6.07, 6.45) is 2.03. The number of halogens is 1. The highest BCUT2D eigenvalue weighted by molar-refractivity contribution is 6.31. The van der Waals surface area contributed by atoms with Gasteiger partial charge in [-0.2, -0.15) is 0 Å². The van der Waals surface area contributed by atoms with Crippen molar-refractivity contribution < 1.29 is 9.47 Å². The van der Waals surface area contributed by atoms with E-state index in [0.29, 0.717) is 12.5 Å². The molecule has 0 aromatic heterocycles. The minimum atomic E-state index is -0.110. The molecule has 3 nitrogen and oxygen atoms in total. The van der Waals surface area contributed by atoms with Crippen molar-refractivity contribution in [1.29, 1.82) is 0 Å². The van der Waals surface area contributed by atoms with Crippen molar-refractivity contribution in [3.05, 3.63) is 34.9 Å². The highest BCUT2D eigenvalue weighted by atomic mass is 35.5. The van der Waals surface area contributed by atoms with Gasteiger partial charge in [-0.25, -0.2) is 0 Å². The van der Waals surface area contributed by atoms with Crippen molar-refractivity contribution in [2.24, 2.45) is 11.7 Å². The second kappa shape index (κ2) is 7.10. The Kier molecular flexibility index (Phi) is 5.45. The SMILES string of the molecule is NCC(OCC1CCOCC1)c1ccccc1Cl. The summed E-state index contributed by atoms with van der Waals surface area (Å²) in [6, 6.07) is 7.72. The van der Waals surface area contributed by atoms with Crippen LogP contribution in [0, 0.1) is 5.92 Å². The zero-order valence-corrected chi connectivity index (χ0v) is 11.2. The summed E-state index contributed by atoms with van der Waals surface area (Å²) in [5, 5.41) is 0.722. The first-order valence-electron chi connectivity index (χ1n) is 6.45. The topological polar surface area (TPSA) is 44.5 Å². The first-order valence-corrected chi connectivity index (χ1v) is 6.83. The number of hydrogen-bond donors (Lipinski definition) is 1. The van der Waals surface area contributed by atoms with Gasteiger partial charge < -0.3 is 15.2 Å². The molecular formula is C14H20ClNO2. The van der Waals surface area contributed by atoms with E-state index in [1.54, 1.807) is 0 Å². The van der Waals surface area contributed by atoms with Gasteiger partial charge in [0.15, 0.2) is 0 Å². The fourth-order valence-corrected chi connectivity index (χ4v) is 2.44. The molecule has 1 aliphatic heterocycles. The summed E-state index contributed by atoms with van der Waals surface area (Å²) in [7, 11) is 0. The molecule has 0 bridgehead atoms. The lowest BCUT2D eigenvalue weighted by Crippen LogP contribution is -2.24. The second-order valence-electron chi connectivity index (χ2n) is 4.63. The van der Waals surface area contributed by atoms with E-state index in [2.05, 4.69) is 0 Å². The van der Waals surface area contributed by atoms with Crippen molar-refractivity contribution >= 4 is 11.6 Å². The van der Waals surface area contributed by atoms with E-state index in [1.807, 2.05) is 24.3 Å². The highest BCUT2D eigenvalue weighted by Crippen LogP contribution is 2.26. The molecule has 1 saturated heterocycles. The molecule has 18 heavy (non-hydrogen) atoms.